The second kappa shape index (κ2) is 3.56. The Balaban J connectivity index is 2.58. The monoisotopic (exact) mass is 188 g/mol. The molecule has 1 aliphatic carbocycles. The first kappa shape index (κ1) is 9.45. The van der Waals surface area contributed by atoms with Crippen molar-refractivity contribution in [3.05, 3.63) is 34.4 Å². The third-order valence-corrected chi connectivity index (χ3v) is 3.09. The normalized spacial score (nSPS) is 14.6. The van der Waals surface area contributed by atoms with E-state index in [9.17, 15) is 4.79 Å². The number of ketones is 1. The average molecular weight is 188 g/mol. The van der Waals surface area contributed by atoms with Crippen LogP contribution in [0.1, 0.15) is 47.3 Å². The zero-order valence-corrected chi connectivity index (χ0v) is 8.89. The second-order valence-electron chi connectivity index (χ2n) is 3.91. The molecule has 0 saturated carbocycles. The number of benzene rings is 1. The number of hydrogen-bond donors (Lipinski definition) is 0. The van der Waals surface area contributed by atoms with Gasteiger partial charge >= 0.3 is 0 Å². The van der Waals surface area contributed by atoms with Crippen molar-refractivity contribution in [3.63, 3.8) is 0 Å². The summed E-state index contributed by atoms with van der Waals surface area (Å²) in [5.74, 6) is 0.338. The summed E-state index contributed by atoms with van der Waals surface area (Å²) in [6, 6.07) is 4.35. The molecule has 0 bridgehead atoms. The van der Waals surface area contributed by atoms with Crippen LogP contribution in [0.3, 0.4) is 0 Å². The van der Waals surface area contributed by atoms with E-state index in [2.05, 4.69) is 26.0 Å². The summed E-state index contributed by atoms with van der Waals surface area (Å²) in [5.41, 5.74) is 5.00. The number of rotatable bonds is 2. The van der Waals surface area contributed by atoms with Crippen molar-refractivity contribution >= 4 is 5.78 Å². The Bertz CT molecular complexity index is 377. The van der Waals surface area contributed by atoms with Crippen molar-refractivity contribution in [2.75, 3.05) is 0 Å². The van der Waals surface area contributed by atoms with Crippen molar-refractivity contribution in [1.29, 1.82) is 0 Å². The Labute approximate surface area is 85.1 Å². The van der Waals surface area contributed by atoms with Crippen molar-refractivity contribution in [1.82, 2.24) is 0 Å². The van der Waals surface area contributed by atoms with Gasteiger partial charge in [0, 0.05) is 12.0 Å². The standard InChI is InChI=1S/C13H16O/c1-3-9-7-10(4-2)11-5-6-13(14)12(11)8-9/h7-8H,3-6H2,1-2H3. The zero-order valence-electron chi connectivity index (χ0n) is 8.89. The zero-order chi connectivity index (χ0) is 10.1. The van der Waals surface area contributed by atoms with E-state index in [1.165, 1.54) is 16.7 Å². The van der Waals surface area contributed by atoms with Gasteiger partial charge in [0.25, 0.3) is 0 Å². The lowest BCUT2D eigenvalue weighted by Crippen LogP contribution is -1.97. The van der Waals surface area contributed by atoms with Crippen LogP contribution in [-0.4, -0.2) is 5.78 Å². The van der Waals surface area contributed by atoms with Crippen LogP contribution < -0.4 is 0 Å². The number of fused-ring (bicyclic) bond motifs is 1. The first-order valence-electron chi connectivity index (χ1n) is 5.44. The highest BCUT2D eigenvalue weighted by molar-refractivity contribution is 6.01. The summed E-state index contributed by atoms with van der Waals surface area (Å²) < 4.78 is 0. The summed E-state index contributed by atoms with van der Waals surface area (Å²) in [4.78, 5) is 11.6. The van der Waals surface area contributed by atoms with E-state index in [1.54, 1.807) is 0 Å². The van der Waals surface area contributed by atoms with Crippen LogP contribution in [0.2, 0.25) is 0 Å². The quantitative estimate of drug-likeness (QED) is 0.697. The van der Waals surface area contributed by atoms with Crippen molar-refractivity contribution < 1.29 is 4.79 Å². The third kappa shape index (κ3) is 1.37. The molecule has 1 nitrogen and oxygen atoms in total. The summed E-state index contributed by atoms with van der Waals surface area (Å²) in [7, 11) is 0. The fourth-order valence-electron chi connectivity index (χ4n) is 2.23. The summed E-state index contributed by atoms with van der Waals surface area (Å²) in [6.07, 6.45) is 3.74. The Morgan fingerprint density at radius 3 is 2.57 bits per heavy atom. The van der Waals surface area contributed by atoms with Gasteiger partial charge in [-0.05, 0) is 42.0 Å². The Kier molecular flexibility index (Phi) is 2.40. The number of carbonyl (C=O) groups excluding carboxylic acids is 1. The summed E-state index contributed by atoms with van der Waals surface area (Å²) in [5, 5.41) is 0. The van der Waals surface area contributed by atoms with Crippen molar-refractivity contribution in [2.45, 2.75) is 39.5 Å². The van der Waals surface area contributed by atoms with E-state index in [1.807, 2.05) is 0 Å². The second-order valence-corrected chi connectivity index (χ2v) is 3.91. The Hall–Kier alpha value is -1.11. The third-order valence-electron chi connectivity index (χ3n) is 3.09. The van der Waals surface area contributed by atoms with E-state index in [4.69, 9.17) is 0 Å². The first-order valence-corrected chi connectivity index (χ1v) is 5.44. The molecule has 0 radical (unpaired) electrons. The first-order chi connectivity index (χ1) is 6.76. The fourth-order valence-corrected chi connectivity index (χ4v) is 2.23. The topological polar surface area (TPSA) is 17.1 Å². The van der Waals surface area contributed by atoms with Gasteiger partial charge in [0.15, 0.2) is 5.78 Å². The van der Waals surface area contributed by atoms with Gasteiger partial charge in [-0.3, -0.25) is 4.79 Å². The van der Waals surface area contributed by atoms with Crippen LogP contribution in [0.25, 0.3) is 0 Å². The van der Waals surface area contributed by atoms with Crippen LogP contribution in [0.15, 0.2) is 12.1 Å². The summed E-state index contributed by atoms with van der Waals surface area (Å²) in [6.45, 7) is 4.30. The molecule has 1 heteroatoms. The van der Waals surface area contributed by atoms with Gasteiger partial charge in [0.2, 0.25) is 0 Å². The number of Topliss-reactive ketones (excluding diaryl/α,β-unsaturated/α-hetero) is 1. The molecular weight excluding hydrogens is 172 g/mol. The Morgan fingerprint density at radius 2 is 1.93 bits per heavy atom. The van der Waals surface area contributed by atoms with Crippen LogP contribution in [0.5, 0.6) is 0 Å². The fraction of sp³-hybridized carbons (Fsp3) is 0.462. The molecule has 0 spiro atoms. The summed E-state index contributed by atoms with van der Waals surface area (Å²) >= 11 is 0. The molecule has 0 aromatic heterocycles. The lowest BCUT2D eigenvalue weighted by Gasteiger charge is -2.08. The van der Waals surface area contributed by atoms with Gasteiger partial charge in [-0.2, -0.15) is 0 Å². The van der Waals surface area contributed by atoms with Gasteiger partial charge in [-0.1, -0.05) is 19.9 Å². The predicted octanol–water partition coefficient (Wildman–Crippen LogP) is 2.94. The number of carbonyl (C=O) groups is 1. The molecular formula is C13H16O. The van der Waals surface area contributed by atoms with Gasteiger partial charge in [-0.25, -0.2) is 0 Å². The average Bonchev–Trinajstić information content (AvgIpc) is 2.59. The lowest BCUT2D eigenvalue weighted by atomic mass is 9.97. The minimum Gasteiger partial charge on any atom is -0.294 e. The van der Waals surface area contributed by atoms with Crippen LogP contribution >= 0.6 is 0 Å². The highest BCUT2D eigenvalue weighted by atomic mass is 16.1. The van der Waals surface area contributed by atoms with E-state index >= 15 is 0 Å². The van der Waals surface area contributed by atoms with Crippen molar-refractivity contribution in [2.24, 2.45) is 0 Å². The molecule has 1 aromatic rings. The van der Waals surface area contributed by atoms with Crippen LogP contribution in [0.4, 0.5) is 0 Å². The molecule has 0 aliphatic heterocycles. The SMILES string of the molecule is CCc1cc(CC)c2c(c1)C(=O)CC2. The molecule has 1 aromatic carbocycles. The van der Waals surface area contributed by atoms with E-state index in [0.29, 0.717) is 5.78 Å². The minimum atomic E-state index is 0.338. The minimum absolute atomic E-state index is 0.338. The molecule has 0 N–H and O–H groups in total. The maximum atomic E-state index is 11.6. The molecule has 0 fully saturated rings. The van der Waals surface area contributed by atoms with Gasteiger partial charge < -0.3 is 0 Å². The number of aryl methyl sites for hydroxylation is 2. The smallest absolute Gasteiger partial charge is 0.163 e. The molecule has 0 saturated heterocycles. The molecule has 0 atom stereocenters. The molecule has 0 heterocycles. The highest BCUT2D eigenvalue weighted by Gasteiger charge is 2.21. The largest absolute Gasteiger partial charge is 0.294 e. The molecule has 1 aliphatic rings. The molecule has 74 valence electrons. The van der Waals surface area contributed by atoms with E-state index in [-0.39, 0.29) is 0 Å². The molecule has 0 amide bonds. The highest BCUT2D eigenvalue weighted by Crippen LogP contribution is 2.27. The van der Waals surface area contributed by atoms with E-state index in [0.717, 1.165) is 31.2 Å². The Morgan fingerprint density at radius 1 is 1.14 bits per heavy atom. The lowest BCUT2D eigenvalue weighted by molar-refractivity contribution is 0.0994. The van der Waals surface area contributed by atoms with Gasteiger partial charge in [0.05, 0.1) is 0 Å². The van der Waals surface area contributed by atoms with Gasteiger partial charge in [0.1, 0.15) is 0 Å². The molecule has 14 heavy (non-hydrogen) atoms. The maximum Gasteiger partial charge on any atom is 0.163 e. The molecule has 2 rings (SSSR count). The van der Waals surface area contributed by atoms with Crippen LogP contribution in [0, 0.1) is 0 Å². The van der Waals surface area contributed by atoms with Crippen LogP contribution in [-0.2, 0) is 19.3 Å². The predicted molar refractivity (Wildman–Crippen MR) is 57.8 cm³/mol. The van der Waals surface area contributed by atoms with Gasteiger partial charge in [-0.15, -0.1) is 0 Å². The molecule has 0 unspecified atom stereocenters. The number of hydrogen-bond acceptors (Lipinski definition) is 1. The van der Waals surface area contributed by atoms with Crippen molar-refractivity contribution in [3.8, 4) is 0 Å². The van der Waals surface area contributed by atoms with E-state index < -0.39 is 0 Å². The maximum absolute atomic E-state index is 11.6.